The third-order valence-corrected chi connectivity index (χ3v) is 5.63. The Hall–Kier alpha value is -1.98. The average molecular weight is 331 g/mol. The quantitative estimate of drug-likeness (QED) is 0.584. The number of nitrogens with zero attached hydrogens (tertiary/aromatic N) is 3. The number of aromatic nitrogens is 2. The van der Waals surface area contributed by atoms with Gasteiger partial charge in [-0.1, -0.05) is 11.3 Å². The van der Waals surface area contributed by atoms with E-state index < -0.39 is 20.6 Å². The maximum Gasteiger partial charge on any atom is 0.304 e. The number of nitro groups is 1. The number of imidazole rings is 1. The Morgan fingerprint density at radius 2 is 2.29 bits per heavy atom. The van der Waals surface area contributed by atoms with E-state index in [1.807, 2.05) is 0 Å². The van der Waals surface area contributed by atoms with Gasteiger partial charge in [0.1, 0.15) is 10.0 Å². The molecular weight excluding hydrogens is 318 g/mol. The van der Waals surface area contributed by atoms with Crippen molar-refractivity contribution < 1.29 is 13.3 Å². The van der Waals surface area contributed by atoms with Gasteiger partial charge >= 0.3 is 5.69 Å². The molecule has 0 fully saturated rings. The van der Waals surface area contributed by atoms with Gasteiger partial charge in [-0.05, 0) is 0 Å². The van der Waals surface area contributed by atoms with E-state index in [1.54, 1.807) is 24.0 Å². The van der Waals surface area contributed by atoms with E-state index in [0.29, 0.717) is 17.8 Å². The summed E-state index contributed by atoms with van der Waals surface area (Å²) in [7, 11) is -2.01. The Labute approximate surface area is 124 Å². The smallest absolute Gasteiger partial charge is 0.304 e. The summed E-state index contributed by atoms with van der Waals surface area (Å²) < 4.78 is 28.0. The first-order valence-corrected chi connectivity index (χ1v) is 8.11. The van der Waals surface area contributed by atoms with Gasteiger partial charge < -0.3 is 10.3 Å². The van der Waals surface area contributed by atoms with Crippen molar-refractivity contribution in [2.45, 2.75) is 10.6 Å². The zero-order valence-corrected chi connectivity index (χ0v) is 12.6. The van der Waals surface area contributed by atoms with Crippen molar-refractivity contribution >= 4 is 32.0 Å². The maximum absolute atomic E-state index is 12.0. The molecule has 0 unspecified atom stereocenters. The summed E-state index contributed by atoms with van der Waals surface area (Å²) in [5.74, 6) is 0.731. The topological polar surface area (TPSA) is 133 Å². The van der Waals surface area contributed by atoms with E-state index in [9.17, 15) is 18.5 Å². The third-order valence-electron chi connectivity index (χ3n) is 2.74. The predicted octanol–water partition coefficient (Wildman–Crippen LogP) is 0.493. The van der Waals surface area contributed by atoms with Crippen molar-refractivity contribution in [3.05, 3.63) is 34.4 Å². The molecule has 0 spiro atoms. The fourth-order valence-electron chi connectivity index (χ4n) is 1.65. The number of hydrogen-bond donors (Lipinski definition) is 2. The highest BCUT2D eigenvalue weighted by Crippen LogP contribution is 2.34. The second-order valence-electron chi connectivity index (χ2n) is 4.17. The van der Waals surface area contributed by atoms with Crippen LogP contribution in [-0.4, -0.2) is 29.4 Å². The van der Waals surface area contributed by atoms with Gasteiger partial charge in [-0.3, -0.25) is 10.1 Å². The Morgan fingerprint density at radius 1 is 1.57 bits per heavy atom. The van der Waals surface area contributed by atoms with Gasteiger partial charge in [0.2, 0.25) is 10.0 Å². The van der Waals surface area contributed by atoms with Gasteiger partial charge in [-0.15, -0.1) is 0 Å². The van der Waals surface area contributed by atoms with Crippen LogP contribution in [0.5, 0.6) is 0 Å². The van der Waals surface area contributed by atoms with E-state index in [0.717, 1.165) is 11.9 Å². The maximum atomic E-state index is 12.0. The third kappa shape index (κ3) is 3.37. The van der Waals surface area contributed by atoms with Crippen LogP contribution in [0.25, 0.3) is 0 Å². The molecule has 0 radical (unpaired) electrons. The second-order valence-corrected chi connectivity index (χ2v) is 7.25. The minimum atomic E-state index is -3.81. The summed E-state index contributed by atoms with van der Waals surface area (Å²) in [6.45, 7) is 0.138. The number of hydrogen-bond acceptors (Lipinski definition) is 7. The summed E-state index contributed by atoms with van der Waals surface area (Å²) >= 11 is 0.666. The molecule has 2 aromatic heterocycles. The molecule has 0 aromatic carbocycles. The molecule has 3 N–H and O–H groups in total. The lowest BCUT2D eigenvalue weighted by Crippen LogP contribution is -2.26. The van der Waals surface area contributed by atoms with Gasteiger partial charge in [0.05, 0.1) is 4.92 Å². The Kier molecular flexibility index (Phi) is 4.25. The highest BCUT2D eigenvalue weighted by atomic mass is 32.2. The Bertz CT molecular complexity index is 764. The molecule has 0 bridgehead atoms. The van der Waals surface area contributed by atoms with Gasteiger partial charge in [0, 0.05) is 38.5 Å². The molecule has 2 heterocycles. The highest BCUT2D eigenvalue weighted by molar-refractivity contribution is 7.91. The first kappa shape index (κ1) is 15.4. The van der Waals surface area contributed by atoms with Crippen LogP contribution in [0.2, 0.25) is 0 Å². The highest BCUT2D eigenvalue weighted by Gasteiger charge is 2.24. The summed E-state index contributed by atoms with van der Waals surface area (Å²) in [4.78, 5) is 14.0. The Morgan fingerprint density at radius 3 is 2.81 bits per heavy atom. The molecule has 11 heteroatoms. The monoisotopic (exact) mass is 331 g/mol. The predicted molar refractivity (Wildman–Crippen MR) is 77.5 cm³/mol. The van der Waals surface area contributed by atoms with Crippen LogP contribution in [0, 0.1) is 10.1 Å². The van der Waals surface area contributed by atoms with Crippen LogP contribution < -0.4 is 10.5 Å². The molecule has 0 aliphatic carbocycles. The van der Waals surface area contributed by atoms with E-state index in [-0.39, 0.29) is 15.8 Å². The lowest BCUT2D eigenvalue weighted by Gasteiger charge is -2.04. The molecule has 0 aliphatic heterocycles. The second kappa shape index (κ2) is 5.79. The van der Waals surface area contributed by atoms with Crippen LogP contribution >= 0.6 is 11.3 Å². The average Bonchev–Trinajstić information content (AvgIpc) is 2.96. The SMILES string of the molecule is Cn1ccnc1CCNS(=O)(=O)c1cc([N+](=O)[O-])c(N)s1. The molecule has 9 nitrogen and oxygen atoms in total. The summed E-state index contributed by atoms with van der Waals surface area (Å²) in [5.41, 5.74) is 5.04. The molecule has 0 saturated heterocycles. The summed E-state index contributed by atoms with van der Waals surface area (Å²) in [6, 6.07) is 0.961. The number of nitrogen functional groups attached to an aromatic ring is 1. The number of aryl methyl sites for hydroxylation is 1. The van der Waals surface area contributed by atoms with E-state index in [1.165, 1.54) is 0 Å². The molecular formula is C10H13N5O4S2. The van der Waals surface area contributed by atoms with E-state index in [2.05, 4.69) is 9.71 Å². The van der Waals surface area contributed by atoms with Crippen LogP contribution in [0.1, 0.15) is 5.82 Å². The van der Waals surface area contributed by atoms with Gasteiger partial charge in [0.15, 0.2) is 5.00 Å². The van der Waals surface area contributed by atoms with E-state index >= 15 is 0 Å². The largest absolute Gasteiger partial charge is 0.385 e. The number of anilines is 1. The molecule has 0 aliphatic rings. The normalized spacial score (nSPS) is 11.7. The van der Waals surface area contributed by atoms with Crippen molar-refractivity contribution in [3.63, 3.8) is 0 Å². The van der Waals surface area contributed by atoms with Gasteiger partial charge in [-0.2, -0.15) is 0 Å². The lowest BCUT2D eigenvalue weighted by molar-refractivity contribution is -0.383. The van der Waals surface area contributed by atoms with Crippen molar-refractivity contribution in [3.8, 4) is 0 Å². The molecule has 0 saturated carbocycles. The zero-order valence-electron chi connectivity index (χ0n) is 11.0. The fraction of sp³-hybridized carbons (Fsp3) is 0.300. The summed E-state index contributed by atoms with van der Waals surface area (Å²) in [6.07, 6.45) is 3.78. The molecule has 21 heavy (non-hydrogen) atoms. The number of rotatable bonds is 6. The Balaban J connectivity index is 2.07. The first-order chi connectivity index (χ1) is 9.81. The number of thiophene rings is 1. The van der Waals surface area contributed by atoms with Crippen molar-refractivity contribution in [1.82, 2.24) is 14.3 Å². The summed E-state index contributed by atoms with van der Waals surface area (Å²) in [5, 5.41) is 10.5. The standard InChI is InChI=1S/C10H13N5O4S2/c1-14-5-4-12-8(14)2-3-13-21(18,19)9-6-7(15(16)17)10(11)20-9/h4-6,13H,2-3,11H2,1H3. The minimum absolute atomic E-state index is 0.135. The van der Waals surface area contributed by atoms with Crippen molar-refractivity contribution in [2.75, 3.05) is 12.3 Å². The van der Waals surface area contributed by atoms with Crippen molar-refractivity contribution in [2.24, 2.45) is 7.05 Å². The van der Waals surface area contributed by atoms with Gasteiger partial charge in [0.25, 0.3) is 0 Å². The minimum Gasteiger partial charge on any atom is -0.385 e. The van der Waals surface area contributed by atoms with Crippen LogP contribution in [0.15, 0.2) is 22.7 Å². The number of nitrogens with one attached hydrogen (secondary N) is 1. The van der Waals surface area contributed by atoms with Crippen LogP contribution in [-0.2, 0) is 23.5 Å². The fourth-order valence-corrected chi connectivity index (χ4v) is 3.94. The number of sulfonamides is 1. The molecule has 114 valence electrons. The van der Waals surface area contributed by atoms with Gasteiger partial charge in [-0.25, -0.2) is 18.1 Å². The number of nitrogens with two attached hydrogens (primary N) is 1. The van der Waals surface area contributed by atoms with Crippen LogP contribution in [0.4, 0.5) is 10.7 Å². The first-order valence-electron chi connectivity index (χ1n) is 5.81. The van der Waals surface area contributed by atoms with E-state index in [4.69, 9.17) is 5.73 Å². The molecule has 0 atom stereocenters. The molecule has 0 amide bonds. The van der Waals surface area contributed by atoms with Crippen molar-refractivity contribution in [1.29, 1.82) is 0 Å². The zero-order chi connectivity index (χ0) is 15.6. The molecule has 2 rings (SSSR count). The van der Waals surface area contributed by atoms with Crippen LogP contribution in [0.3, 0.4) is 0 Å². The lowest BCUT2D eigenvalue weighted by atomic mass is 10.4. The molecule has 2 aromatic rings.